The van der Waals surface area contributed by atoms with Crippen molar-refractivity contribution in [2.75, 3.05) is 20.2 Å². The summed E-state index contributed by atoms with van der Waals surface area (Å²) >= 11 is 0. The van der Waals surface area contributed by atoms with E-state index in [1.807, 2.05) is 13.8 Å². The molecule has 92 valence electrons. The van der Waals surface area contributed by atoms with Crippen molar-refractivity contribution in [3.05, 3.63) is 0 Å². The minimum absolute atomic E-state index is 0.107. The van der Waals surface area contributed by atoms with Crippen LogP contribution >= 0.6 is 0 Å². The van der Waals surface area contributed by atoms with Gasteiger partial charge in [-0.1, -0.05) is 0 Å². The van der Waals surface area contributed by atoms with Crippen molar-refractivity contribution in [2.45, 2.75) is 27.2 Å². The second-order valence-electron chi connectivity index (χ2n) is 3.46. The van der Waals surface area contributed by atoms with E-state index in [9.17, 15) is 14.4 Å². The Balaban J connectivity index is 4.57. The van der Waals surface area contributed by atoms with Crippen molar-refractivity contribution >= 4 is 17.7 Å². The summed E-state index contributed by atoms with van der Waals surface area (Å²) in [5, 5.41) is 0. The Labute approximate surface area is 95.7 Å². The number of Topliss-reactive ketones (excluding diaryl/α,β-unsaturated/α-hetero) is 1. The predicted octanol–water partition coefficient (Wildman–Crippen LogP) is 0.623. The number of carbonyl (C=O) groups excluding carboxylic acids is 3. The van der Waals surface area contributed by atoms with E-state index in [1.54, 1.807) is 4.90 Å². The Kier molecular flexibility index (Phi) is 6.37. The lowest BCUT2D eigenvalue weighted by Gasteiger charge is -2.20. The quantitative estimate of drug-likeness (QED) is 0.495. The lowest BCUT2D eigenvalue weighted by Crippen LogP contribution is -2.35. The highest BCUT2D eigenvalue weighted by Crippen LogP contribution is 2.09. The molecule has 5 nitrogen and oxygen atoms in total. The van der Waals surface area contributed by atoms with Crippen LogP contribution in [0.1, 0.15) is 27.2 Å². The number of ether oxygens (including phenoxy) is 1. The zero-order chi connectivity index (χ0) is 12.7. The molecule has 0 aromatic rings. The summed E-state index contributed by atoms with van der Waals surface area (Å²) in [6, 6.07) is 0. The number of hydrogen-bond donors (Lipinski definition) is 0. The number of rotatable bonds is 6. The fourth-order valence-corrected chi connectivity index (χ4v) is 1.42. The first-order chi connectivity index (χ1) is 7.47. The molecule has 0 aliphatic rings. The monoisotopic (exact) mass is 229 g/mol. The van der Waals surface area contributed by atoms with Crippen molar-refractivity contribution in [1.29, 1.82) is 0 Å². The molecule has 0 N–H and O–H groups in total. The van der Waals surface area contributed by atoms with Crippen LogP contribution in [-0.4, -0.2) is 42.8 Å². The summed E-state index contributed by atoms with van der Waals surface area (Å²) in [6.07, 6.45) is -0.107. The van der Waals surface area contributed by atoms with Crippen LogP contribution in [0.4, 0.5) is 0 Å². The highest BCUT2D eigenvalue weighted by atomic mass is 16.5. The third kappa shape index (κ3) is 4.00. The third-order valence-electron chi connectivity index (χ3n) is 2.47. The van der Waals surface area contributed by atoms with Gasteiger partial charge in [0.1, 0.15) is 11.7 Å². The molecule has 0 saturated carbocycles. The van der Waals surface area contributed by atoms with Gasteiger partial charge in [0.05, 0.1) is 7.11 Å². The van der Waals surface area contributed by atoms with Crippen LogP contribution in [0.5, 0.6) is 0 Å². The van der Waals surface area contributed by atoms with Gasteiger partial charge in [0.15, 0.2) is 0 Å². The molecule has 5 heteroatoms. The van der Waals surface area contributed by atoms with E-state index in [0.29, 0.717) is 13.1 Å². The summed E-state index contributed by atoms with van der Waals surface area (Å²) in [6.45, 7) is 6.13. The lowest BCUT2D eigenvalue weighted by molar-refractivity contribution is -0.152. The molecule has 16 heavy (non-hydrogen) atoms. The number of ketones is 1. The van der Waals surface area contributed by atoms with Crippen LogP contribution in [0, 0.1) is 5.92 Å². The highest BCUT2D eigenvalue weighted by molar-refractivity contribution is 6.01. The fourth-order valence-electron chi connectivity index (χ4n) is 1.42. The summed E-state index contributed by atoms with van der Waals surface area (Å²) in [5.74, 6) is -2.16. The topological polar surface area (TPSA) is 63.7 Å². The van der Waals surface area contributed by atoms with Crippen molar-refractivity contribution in [3.8, 4) is 0 Å². The molecule has 0 aliphatic carbocycles. The van der Waals surface area contributed by atoms with Gasteiger partial charge in [0.25, 0.3) is 0 Å². The summed E-state index contributed by atoms with van der Waals surface area (Å²) in [5.41, 5.74) is 0. The maximum atomic E-state index is 11.7. The second-order valence-corrected chi connectivity index (χ2v) is 3.46. The third-order valence-corrected chi connectivity index (χ3v) is 2.47. The van der Waals surface area contributed by atoms with Gasteiger partial charge in [0, 0.05) is 19.5 Å². The second kappa shape index (κ2) is 6.98. The van der Waals surface area contributed by atoms with Crippen LogP contribution in [-0.2, 0) is 19.1 Å². The molecule has 1 amide bonds. The van der Waals surface area contributed by atoms with Gasteiger partial charge < -0.3 is 9.64 Å². The van der Waals surface area contributed by atoms with Crippen molar-refractivity contribution < 1.29 is 19.1 Å². The Morgan fingerprint density at radius 2 is 1.69 bits per heavy atom. The Hall–Kier alpha value is -1.39. The number of hydrogen-bond acceptors (Lipinski definition) is 4. The Bertz CT molecular complexity index is 271. The van der Waals surface area contributed by atoms with Gasteiger partial charge in [-0.05, 0) is 20.8 Å². The molecule has 0 aromatic heterocycles. The van der Waals surface area contributed by atoms with Crippen LogP contribution in [0.15, 0.2) is 0 Å². The molecule has 0 saturated heterocycles. The molecule has 0 radical (unpaired) electrons. The van der Waals surface area contributed by atoms with E-state index < -0.39 is 11.9 Å². The van der Waals surface area contributed by atoms with Gasteiger partial charge in [0.2, 0.25) is 5.91 Å². The van der Waals surface area contributed by atoms with Gasteiger partial charge >= 0.3 is 5.97 Å². The van der Waals surface area contributed by atoms with Crippen LogP contribution in [0.25, 0.3) is 0 Å². The van der Waals surface area contributed by atoms with Crippen LogP contribution < -0.4 is 0 Å². The Morgan fingerprint density at radius 1 is 1.19 bits per heavy atom. The summed E-state index contributed by atoms with van der Waals surface area (Å²) in [7, 11) is 1.21. The van der Waals surface area contributed by atoms with Crippen molar-refractivity contribution in [2.24, 2.45) is 5.92 Å². The number of nitrogens with zero attached hydrogens (tertiary/aromatic N) is 1. The lowest BCUT2D eigenvalue weighted by atomic mass is 10.0. The van der Waals surface area contributed by atoms with E-state index in [-0.39, 0.29) is 18.1 Å². The van der Waals surface area contributed by atoms with Crippen molar-refractivity contribution in [1.82, 2.24) is 4.90 Å². The average molecular weight is 229 g/mol. The molecule has 1 atom stereocenters. The zero-order valence-corrected chi connectivity index (χ0v) is 10.3. The van der Waals surface area contributed by atoms with E-state index >= 15 is 0 Å². The molecule has 0 aromatic carbocycles. The molecule has 0 bridgehead atoms. The van der Waals surface area contributed by atoms with Crippen LogP contribution in [0.3, 0.4) is 0 Å². The van der Waals surface area contributed by atoms with E-state index in [1.165, 1.54) is 14.0 Å². The number of esters is 1. The molecule has 0 fully saturated rings. The first-order valence-corrected chi connectivity index (χ1v) is 5.33. The minimum Gasteiger partial charge on any atom is -0.468 e. The maximum absolute atomic E-state index is 11.7. The van der Waals surface area contributed by atoms with E-state index in [0.717, 1.165) is 0 Å². The largest absolute Gasteiger partial charge is 0.468 e. The average Bonchev–Trinajstić information content (AvgIpc) is 2.26. The minimum atomic E-state index is -0.974. The smallest absolute Gasteiger partial charge is 0.316 e. The molecular formula is C11H19NO4. The van der Waals surface area contributed by atoms with Gasteiger partial charge in [-0.3, -0.25) is 14.4 Å². The molecule has 0 spiro atoms. The van der Waals surface area contributed by atoms with Crippen LogP contribution in [0.2, 0.25) is 0 Å². The fraction of sp³-hybridized carbons (Fsp3) is 0.727. The standard InChI is InChI=1S/C11H19NO4/c1-5-12(6-2)10(14)7-9(8(3)13)11(15)16-4/h9H,5-7H2,1-4H3. The first kappa shape index (κ1) is 14.6. The van der Waals surface area contributed by atoms with Gasteiger partial charge in [-0.2, -0.15) is 0 Å². The normalized spacial score (nSPS) is 11.8. The molecule has 0 heterocycles. The Morgan fingerprint density at radius 3 is 2.00 bits per heavy atom. The zero-order valence-electron chi connectivity index (χ0n) is 10.3. The van der Waals surface area contributed by atoms with Crippen molar-refractivity contribution in [3.63, 3.8) is 0 Å². The number of carbonyl (C=O) groups is 3. The molecule has 0 rings (SSSR count). The molecular weight excluding hydrogens is 210 g/mol. The first-order valence-electron chi connectivity index (χ1n) is 5.33. The van der Waals surface area contributed by atoms with E-state index in [2.05, 4.69) is 4.74 Å². The van der Waals surface area contributed by atoms with Gasteiger partial charge in [-0.25, -0.2) is 0 Å². The van der Waals surface area contributed by atoms with E-state index in [4.69, 9.17) is 0 Å². The molecule has 0 aliphatic heterocycles. The summed E-state index contributed by atoms with van der Waals surface area (Å²) < 4.78 is 4.49. The molecule has 1 unspecified atom stereocenters. The van der Waals surface area contributed by atoms with Gasteiger partial charge in [-0.15, -0.1) is 0 Å². The number of amides is 1. The highest BCUT2D eigenvalue weighted by Gasteiger charge is 2.28. The number of methoxy groups -OCH3 is 1. The predicted molar refractivity (Wildman–Crippen MR) is 58.7 cm³/mol. The SMILES string of the molecule is CCN(CC)C(=O)CC(C(C)=O)C(=O)OC. The maximum Gasteiger partial charge on any atom is 0.316 e. The summed E-state index contributed by atoms with van der Waals surface area (Å²) in [4.78, 5) is 35.8.